The molecule has 1 atom stereocenters. The van der Waals surface area contributed by atoms with Crippen LogP contribution in [-0.2, 0) is 21.2 Å². The van der Waals surface area contributed by atoms with E-state index in [1.807, 2.05) is 6.92 Å². The van der Waals surface area contributed by atoms with Crippen LogP contribution in [0.4, 0.5) is 14.5 Å². The fourth-order valence-corrected chi connectivity index (χ4v) is 6.02. The fourth-order valence-electron chi connectivity index (χ4n) is 3.85. The van der Waals surface area contributed by atoms with Crippen molar-refractivity contribution in [3.8, 4) is 10.8 Å². The van der Waals surface area contributed by atoms with Gasteiger partial charge in [0, 0.05) is 31.1 Å². The van der Waals surface area contributed by atoms with Crippen LogP contribution in [0.15, 0.2) is 17.2 Å². The molecule has 32 heavy (non-hydrogen) atoms. The molecular weight excluding hydrogens is 462 g/mol. The first kappa shape index (κ1) is 21.3. The van der Waals surface area contributed by atoms with Gasteiger partial charge in [0.1, 0.15) is 4.90 Å². The summed E-state index contributed by atoms with van der Waals surface area (Å²) in [5, 5.41) is 7.08. The average molecular weight is 483 g/mol. The van der Waals surface area contributed by atoms with E-state index >= 15 is 0 Å². The maximum atomic E-state index is 13.1. The van der Waals surface area contributed by atoms with Gasteiger partial charge in [-0.05, 0) is 25.8 Å². The Kier molecular flexibility index (Phi) is 4.66. The Morgan fingerprint density at radius 3 is 2.66 bits per heavy atom. The van der Waals surface area contributed by atoms with Gasteiger partial charge in [0.15, 0.2) is 15.8 Å². The number of amides is 1. The summed E-state index contributed by atoms with van der Waals surface area (Å²) in [6, 6.07) is 1.46. The second kappa shape index (κ2) is 6.99. The molecular formula is C19H20F2N6O3S2. The number of nitrogens with zero attached hydrogens (tertiary/aromatic N) is 5. The zero-order valence-corrected chi connectivity index (χ0v) is 19.1. The molecule has 13 heteroatoms. The number of carbonyl (C=O) groups excluding carboxylic acids is 1. The lowest BCUT2D eigenvalue weighted by atomic mass is 10.1. The van der Waals surface area contributed by atoms with Crippen LogP contribution in [0.2, 0.25) is 0 Å². The molecule has 3 aromatic heterocycles. The maximum absolute atomic E-state index is 13.1. The van der Waals surface area contributed by atoms with Crippen LogP contribution >= 0.6 is 11.3 Å². The molecule has 1 aliphatic carbocycles. The van der Waals surface area contributed by atoms with Gasteiger partial charge in [-0.25, -0.2) is 26.9 Å². The van der Waals surface area contributed by atoms with Gasteiger partial charge in [0.25, 0.3) is 6.43 Å². The first-order valence-corrected chi connectivity index (χ1v) is 12.3. The molecule has 0 spiro atoms. The lowest BCUT2D eigenvalue weighted by Gasteiger charge is -2.21. The van der Waals surface area contributed by atoms with E-state index in [9.17, 15) is 22.0 Å². The third-order valence-corrected chi connectivity index (χ3v) is 8.42. The van der Waals surface area contributed by atoms with Crippen LogP contribution in [0.25, 0.3) is 16.3 Å². The van der Waals surface area contributed by atoms with Crippen molar-refractivity contribution in [1.82, 2.24) is 24.3 Å². The third kappa shape index (κ3) is 3.39. The molecule has 1 aliphatic heterocycles. The number of pyridine rings is 1. The van der Waals surface area contributed by atoms with E-state index in [1.54, 1.807) is 14.0 Å². The number of alkyl halides is 2. The Hall–Kier alpha value is -2.51. The minimum absolute atomic E-state index is 0.0499. The van der Waals surface area contributed by atoms with E-state index < -0.39 is 32.9 Å². The number of aromatic nitrogens is 4. The molecule has 2 aliphatic rings. The molecule has 1 N–H and O–H groups in total. The number of carbonyl (C=O) groups is 1. The van der Waals surface area contributed by atoms with Gasteiger partial charge in [0.05, 0.1) is 16.9 Å². The topological polar surface area (TPSA) is 110 Å². The molecule has 5 rings (SSSR count). The Morgan fingerprint density at radius 2 is 2.03 bits per heavy atom. The highest BCUT2D eigenvalue weighted by Gasteiger charge is 2.42. The highest BCUT2D eigenvalue weighted by atomic mass is 32.2. The SMILES string of the molecule is C[C@@H]1Cc2nc(-c3nnc(C(F)F)s3)n3cc(S(=O)(=O)NC4(C)CC4)cc(c23)N(C)C1=O. The number of imidazole rings is 1. The standard InChI is InChI=1S/C19H20F2N6O3S2/c1-9-6-11-13-12(26(3)18(9)28)7-10(32(29,30)25-19(2)4-5-19)8-27(13)15(22-11)17-24-23-16(31-17)14(20)21/h7-9,14,25H,4-6H2,1-3H3/t9-/m1/s1. The lowest BCUT2D eigenvalue weighted by molar-refractivity contribution is -0.121. The molecule has 170 valence electrons. The third-order valence-electron chi connectivity index (χ3n) is 5.88. The number of hydrogen-bond donors (Lipinski definition) is 1. The van der Waals surface area contributed by atoms with Crippen LogP contribution in [0, 0.1) is 5.92 Å². The molecule has 0 radical (unpaired) electrons. The largest absolute Gasteiger partial charge is 0.313 e. The van der Waals surface area contributed by atoms with Crippen LogP contribution in [0.5, 0.6) is 0 Å². The number of rotatable bonds is 5. The molecule has 1 fully saturated rings. The summed E-state index contributed by atoms with van der Waals surface area (Å²) in [6.07, 6.45) is 0.418. The quantitative estimate of drug-likeness (QED) is 0.599. The van der Waals surface area contributed by atoms with Gasteiger partial charge in [-0.1, -0.05) is 18.3 Å². The van der Waals surface area contributed by atoms with Gasteiger partial charge in [-0.3, -0.25) is 9.20 Å². The van der Waals surface area contributed by atoms with Crippen molar-refractivity contribution < 1.29 is 22.0 Å². The highest BCUT2D eigenvalue weighted by Crippen LogP contribution is 2.39. The van der Waals surface area contributed by atoms with Crippen molar-refractivity contribution in [1.29, 1.82) is 0 Å². The lowest BCUT2D eigenvalue weighted by Crippen LogP contribution is -2.35. The monoisotopic (exact) mass is 482 g/mol. The van der Waals surface area contributed by atoms with Crippen LogP contribution in [0.1, 0.15) is 43.8 Å². The smallest absolute Gasteiger partial charge is 0.291 e. The van der Waals surface area contributed by atoms with Crippen LogP contribution in [-0.4, -0.2) is 46.5 Å². The summed E-state index contributed by atoms with van der Waals surface area (Å²) < 4.78 is 56.7. The van der Waals surface area contributed by atoms with Crippen molar-refractivity contribution >= 4 is 38.5 Å². The minimum atomic E-state index is -3.91. The number of anilines is 1. The Labute approximate surface area is 186 Å². The number of hydrogen-bond acceptors (Lipinski definition) is 7. The van der Waals surface area contributed by atoms with E-state index in [-0.39, 0.29) is 21.6 Å². The van der Waals surface area contributed by atoms with Crippen LogP contribution in [0.3, 0.4) is 0 Å². The maximum Gasteiger partial charge on any atom is 0.291 e. The molecule has 3 aromatic rings. The van der Waals surface area contributed by atoms with Crippen molar-refractivity contribution in [2.24, 2.45) is 5.92 Å². The van der Waals surface area contributed by atoms with E-state index in [0.29, 0.717) is 34.7 Å². The van der Waals surface area contributed by atoms with Gasteiger partial charge >= 0.3 is 0 Å². The van der Waals surface area contributed by atoms with Gasteiger partial charge < -0.3 is 4.90 Å². The van der Waals surface area contributed by atoms with E-state index in [1.165, 1.54) is 21.6 Å². The van der Waals surface area contributed by atoms with Gasteiger partial charge in [0.2, 0.25) is 15.9 Å². The summed E-state index contributed by atoms with van der Waals surface area (Å²) in [4.78, 5) is 18.8. The van der Waals surface area contributed by atoms with E-state index in [0.717, 1.165) is 12.8 Å². The van der Waals surface area contributed by atoms with Crippen molar-refractivity contribution in [3.05, 3.63) is 23.0 Å². The zero-order chi connectivity index (χ0) is 23.0. The Balaban J connectivity index is 1.76. The molecule has 0 bridgehead atoms. The number of sulfonamides is 1. The minimum Gasteiger partial charge on any atom is -0.313 e. The summed E-state index contributed by atoms with van der Waals surface area (Å²) >= 11 is 0.699. The molecule has 9 nitrogen and oxygen atoms in total. The predicted molar refractivity (Wildman–Crippen MR) is 113 cm³/mol. The normalized spacial score (nSPS) is 20.2. The highest BCUT2D eigenvalue weighted by molar-refractivity contribution is 7.89. The first-order valence-electron chi connectivity index (χ1n) is 9.97. The fraction of sp³-hybridized carbons (Fsp3) is 0.474. The summed E-state index contributed by atoms with van der Waals surface area (Å²) in [5.74, 6) is -0.349. The second-order valence-corrected chi connectivity index (χ2v) is 11.3. The van der Waals surface area contributed by atoms with E-state index in [2.05, 4.69) is 19.9 Å². The van der Waals surface area contributed by atoms with Crippen molar-refractivity contribution in [3.63, 3.8) is 0 Å². The summed E-state index contributed by atoms with van der Waals surface area (Å²) in [5.41, 5.74) is 1.01. The second-order valence-electron chi connectivity index (χ2n) is 8.58. The molecule has 1 saturated carbocycles. The van der Waals surface area contributed by atoms with Gasteiger partial charge in [-0.15, -0.1) is 10.2 Å². The number of halogens is 2. The zero-order valence-electron chi connectivity index (χ0n) is 17.5. The Morgan fingerprint density at radius 1 is 1.31 bits per heavy atom. The summed E-state index contributed by atoms with van der Waals surface area (Å²) in [7, 11) is -2.32. The molecule has 0 aromatic carbocycles. The van der Waals surface area contributed by atoms with Gasteiger partial charge in [-0.2, -0.15) is 0 Å². The van der Waals surface area contributed by atoms with Crippen molar-refractivity contribution in [2.45, 2.75) is 50.0 Å². The first-order chi connectivity index (χ1) is 15.0. The van der Waals surface area contributed by atoms with Crippen LogP contribution < -0.4 is 9.62 Å². The van der Waals surface area contributed by atoms with E-state index in [4.69, 9.17) is 0 Å². The summed E-state index contributed by atoms with van der Waals surface area (Å²) in [6.45, 7) is 3.59. The number of nitrogens with one attached hydrogen (secondary N) is 1. The molecule has 4 heterocycles. The molecule has 0 saturated heterocycles. The Bertz CT molecular complexity index is 1360. The predicted octanol–water partition coefficient (Wildman–Crippen LogP) is 2.78. The molecule has 1 amide bonds. The average Bonchev–Trinajstić information content (AvgIpc) is 3.15. The molecule has 0 unspecified atom stereocenters. The van der Waals surface area contributed by atoms with Crippen molar-refractivity contribution in [2.75, 3.05) is 11.9 Å².